The molecule has 1 aromatic rings. The van der Waals surface area contributed by atoms with E-state index in [0.29, 0.717) is 6.04 Å². The van der Waals surface area contributed by atoms with E-state index in [1.54, 1.807) is 0 Å². The first-order valence-corrected chi connectivity index (χ1v) is 6.91. The van der Waals surface area contributed by atoms with Crippen molar-refractivity contribution in [1.29, 1.82) is 0 Å². The van der Waals surface area contributed by atoms with Crippen LogP contribution in [0.5, 0.6) is 0 Å². The summed E-state index contributed by atoms with van der Waals surface area (Å²) < 4.78 is 7.35. The Kier molecular flexibility index (Phi) is 3.35. The standard InChI is InChI=1S/C13H21N3O2/c17-10-13(4-1-5-13)8-11-9-16(15-14-11)12-2-6-18-7-3-12/h9,12,17H,1-8,10H2. The molecule has 0 atom stereocenters. The molecule has 18 heavy (non-hydrogen) atoms. The Morgan fingerprint density at radius 3 is 2.78 bits per heavy atom. The van der Waals surface area contributed by atoms with Gasteiger partial charge in [-0.15, -0.1) is 5.10 Å². The van der Waals surface area contributed by atoms with Gasteiger partial charge in [-0.25, -0.2) is 4.68 Å². The Labute approximate surface area is 107 Å². The minimum absolute atomic E-state index is 0.0938. The summed E-state index contributed by atoms with van der Waals surface area (Å²) in [6.07, 6.45) is 8.44. The van der Waals surface area contributed by atoms with E-state index in [2.05, 4.69) is 16.5 Å². The lowest BCUT2D eigenvalue weighted by molar-refractivity contribution is 0.0440. The van der Waals surface area contributed by atoms with Crippen LogP contribution in [0.15, 0.2) is 6.20 Å². The zero-order valence-corrected chi connectivity index (χ0v) is 10.7. The lowest BCUT2D eigenvalue weighted by Gasteiger charge is -2.39. The van der Waals surface area contributed by atoms with Crippen molar-refractivity contribution in [1.82, 2.24) is 15.0 Å². The van der Waals surface area contributed by atoms with Crippen LogP contribution in [-0.2, 0) is 11.2 Å². The number of ether oxygens (including phenoxy) is 1. The lowest BCUT2D eigenvalue weighted by Crippen LogP contribution is -2.35. The number of hydrogen-bond acceptors (Lipinski definition) is 4. The Morgan fingerprint density at radius 2 is 2.17 bits per heavy atom. The molecule has 1 N–H and O–H groups in total. The summed E-state index contributed by atoms with van der Waals surface area (Å²) in [7, 11) is 0. The van der Waals surface area contributed by atoms with Crippen LogP contribution in [0.2, 0.25) is 0 Å². The smallest absolute Gasteiger partial charge is 0.0833 e. The molecular formula is C13H21N3O2. The second-order valence-corrected chi connectivity index (χ2v) is 5.72. The van der Waals surface area contributed by atoms with Crippen LogP contribution in [0.1, 0.15) is 43.8 Å². The molecule has 1 aliphatic heterocycles. The predicted octanol–water partition coefficient (Wildman–Crippen LogP) is 1.33. The van der Waals surface area contributed by atoms with Gasteiger partial charge in [0.2, 0.25) is 0 Å². The minimum atomic E-state index is 0.0938. The Hall–Kier alpha value is -0.940. The van der Waals surface area contributed by atoms with E-state index >= 15 is 0 Å². The molecule has 5 nitrogen and oxygen atoms in total. The maximum Gasteiger partial charge on any atom is 0.0833 e. The van der Waals surface area contributed by atoms with Gasteiger partial charge in [0.15, 0.2) is 0 Å². The predicted molar refractivity (Wildman–Crippen MR) is 66.2 cm³/mol. The number of aromatic nitrogens is 3. The van der Waals surface area contributed by atoms with Crippen LogP contribution >= 0.6 is 0 Å². The molecule has 1 saturated heterocycles. The van der Waals surface area contributed by atoms with Crippen LogP contribution in [0.25, 0.3) is 0 Å². The molecular weight excluding hydrogens is 230 g/mol. The van der Waals surface area contributed by atoms with E-state index < -0.39 is 0 Å². The van der Waals surface area contributed by atoms with Crippen LogP contribution in [0.3, 0.4) is 0 Å². The minimum Gasteiger partial charge on any atom is -0.396 e. The average molecular weight is 251 g/mol. The van der Waals surface area contributed by atoms with Crippen LogP contribution in [-0.4, -0.2) is 39.9 Å². The molecule has 1 saturated carbocycles. The number of aliphatic hydroxyl groups is 1. The highest BCUT2D eigenvalue weighted by atomic mass is 16.5. The van der Waals surface area contributed by atoms with Crippen molar-refractivity contribution in [2.45, 2.75) is 44.6 Å². The maximum atomic E-state index is 9.48. The van der Waals surface area contributed by atoms with Gasteiger partial charge in [-0.3, -0.25) is 0 Å². The molecule has 0 unspecified atom stereocenters. The topological polar surface area (TPSA) is 60.2 Å². The molecule has 0 radical (unpaired) electrons. The van der Waals surface area contributed by atoms with E-state index in [1.807, 2.05) is 4.68 Å². The lowest BCUT2D eigenvalue weighted by atomic mass is 9.67. The Bertz CT molecular complexity index is 389. The van der Waals surface area contributed by atoms with Crippen molar-refractivity contribution in [3.05, 3.63) is 11.9 Å². The fourth-order valence-corrected chi connectivity index (χ4v) is 2.97. The van der Waals surface area contributed by atoms with Crippen molar-refractivity contribution >= 4 is 0 Å². The van der Waals surface area contributed by atoms with Crippen molar-refractivity contribution in [3.8, 4) is 0 Å². The molecule has 2 aliphatic rings. The van der Waals surface area contributed by atoms with Gasteiger partial charge < -0.3 is 9.84 Å². The SMILES string of the molecule is OCC1(Cc2cn(C3CCOCC3)nn2)CCC1. The summed E-state index contributed by atoms with van der Waals surface area (Å²) in [4.78, 5) is 0. The third-order valence-corrected chi connectivity index (χ3v) is 4.43. The van der Waals surface area contributed by atoms with Gasteiger partial charge in [0.1, 0.15) is 0 Å². The quantitative estimate of drug-likeness (QED) is 0.877. The van der Waals surface area contributed by atoms with Crippen molar-refractivity contribution in [2.75, 3.05) is 19.8 Å². The zero-order valence-electron chi connectivity index (χ0n) is 10.7. The highest BCUT2D eigenvalue weighted by Crippen LogP contribution is 2.42. The summed E-state index contributed by atoms with van der Waals surface area (Å²) in [6.45, 7) is 1.91. The monoisotopic (exact) mass is 251 g/mol. The second-order valence-electron chi connectivity index (χ2n) is 5.72. The Balaban J connectivity index is 1.65. The van der Waals surface area contributed by atoms with Crippen molar-refractivity contribution in [3.63, 3.8) is 0 Å². The van der Waals surface area contributed by atoms with Gasteiger partial charge in [0.25, 0.3) is 0 Å². The highest BCUT2D eigenvalue weighted by molar-refractivity contribution is 5.02. The number of rotatable bonds is 4. The first kappa shape index (κ1) is 12.1. The normalized spacial score (nSPS) is 23.8. The van der Waals surface area contributed by atoms with E-state index in [1.165, 1.54) is 6.42 Å². The molecule has 1 aliphatic carbocycles. The second kappa shape index (κ2) is 4.97. The fourth-order valence-electron chi connectivity index (χ4n) is 2.97. The summed E-state index contributed by atoms with van der Waals surface area (Å²) in [6, 6.07) is 0.437. The van der Waals surface area contributed by atoms with Gasteiger partial charge in [-0.05, 0) is 31.1 Å². The average Bonchev–Trinajstić information content (AvgIpc) is 2.83. The summed E-state index contributed by atoms with van der Waals surface area (Å²) in [5.41, 5.74) is 1.12. The summed E-state index contributed by atoms with van der Waals surface area (Å²) >= 11 is 0. The van der Waals surface area contributed by atoms with Crippen molar-refractivity contribution in [2.24, 2.45) is 5.41 Å². The number of aliphatic hydroxyl groups excluding tert-OH is 1. The van der Waals surface area contributed by atoms with E-state index in [4.69, 9.17) is 4.74 Å². The molecule has 5 heteroatoms. The molecule has 2 heterocycles. The van der Waals surface area contributed by atoms with Gasteiger partial charge >= 0.3 is 0 Å². The maximum absolute atomic E-state index is 9.48. The number of hydrogen-bond donors (Lipinski definition) is 1. The molecule has 1 aromatic heterocycles. The molecule has 100 valence electrons. The largest absolute Gasteiger partial charge is 0.396 e. The van der Waals surface area contributed by atoms with Crippen molar-refractivity contribution < 1.29 is 9.84 Å². The molecule has 0 spiro atoms. The summed E-state index contributed by atoms with van der Waals surface area (Å²) in [5.74, 6) is 0. The third kappa shape index (κ3) is 2.29. The third-order valence-electron chi connectivity index (χ3n) is 4.43. The molecule has 0 aromatic carbocycles. The Morgan fingerprint density at radius 1 is 1.39 bits per heavy atom. The van der Waals surface area contributed by atoms with Gasteiger partial charge in [-0.1, -0.05) is 11.6 Å². The van der Waals surface area contributed by atoms with Crippen LogP contribution < -0.4 is 0 Å². The zero-order chi connectivity index (χ0) is 12.4. The number of nitrogens with zero attached hydrogens (tertiary/aromatic N) is 3. The van der Waals surface area contributed by atoms with E-state index in [-0.39, 0.29) is 12.0 Å². The first-order valence-electron chi connectivity index (χ1n) is 6.91. The van der Waals surface area contributed by atoms with Gasteiger partial charge in [0, 0.05) is 32.4 Å². The fraction of sp³-hybridized carbons (Fsp3) is 0.846. The molecule has 2 fully saturated rings. The highest BCUT2D eigenvalue weighted by Gasteiger charge is 2.37. The molecule has 3 rings (SSSR count). The van der Waals surface area contributed by atoms with Crippen LogP contribution in [0.4, 0.5) is 0 Å². The van der Waals surface area contributed by atoms with Crippen LogP contribution in [0, 0.1) is 5.41 Å². The summed E-state index contributed by atoms with van der Waals surface area (Å²) in [5, 5.41) is 18.0. The van der Waals surface area contributed by atoms with E-state index in [9.17, 15) is 5.11 Å². The first-order chi connectivity index (χ1) is 8.81. The van der Waals surface area contributed by atoms with Gasteiger partial charge in [0.05, 0.1) is 11.7 Å². The van der Waals surface area contributed by atoms with E-state index in [0.717, 1.165) is 51.0 Å². The molecule has 0 amide bonds. The van der Waals surface area contributed by atoms with Gasteiger partial charge in [-0.2, -0.15) is 0 Å². The molecule has 0 bridgehead atoms.